The number of amides is 2. The van der Waals surface area contributed by atoms with E-state index in [-0.39, 0.29) is 17.8 Å². The first kappa shape index (κ1) is 14.9. The van der Waals surface area contributed by atoms with Crippen molar-refractivity contribution in [3.05, 3.63) is 17.5 Å². The van der Waals surface area contributed by atoms with Crippen molar-refractivity contribution >= 4 is 12.0 Å². The summed E-state index contributed by atoms with van der Waals surface area (Å²) in [4.78, 5) is 27.3. The molecule has 2 fully saturated rings. The topological polar surface area (TPSA) is 75.9 Å². The molecule has 0 N–H and O–H groups in total. The van der Waals surface area contributed by atoms with E-state index >= 15 is 0 Å². The highest BCUT2D eigenvalue weighted by molar-refractivity contribution is 5.91. The van der Waals surface area contributed by atoms with Crippen LogP contribution in [0, 0.1) is 5.92 Å². The highest BCUT2D eigenvalue weighted by Crippen LogP contribution is 2.32. The van der Waals surface area contributed by atoms with Crippen molar-refractivity contribution in [3.63, 3.8) is 0 Å². The zero-order valence-corrected chi connectivity index (χ0v) is 13.2. The molecule has 2 amide bonds. The van der Waals surface area contributed by atoms with Gasteiger partial charge in [0.15, 0.2) is 5.60 Å². The predicted molar refractivity (Wildman–Crippen MR) is 77.4 cm³/mol. The average Bonchev–Trinajstić information content (AvgIpc) is 3.11. The van der Waals surface area contributed by atoms with Gasteiger partial charge >= 0.3 is 6.09 Å². The molecule has 22 heavy (non-hydrogen) atoms. The van der Waals surface area contributed by atoms with Crippen LogP contribution in [0.5, 0.6) is 0 Å². The molecule has 0 bridgehead atoms. The first-order valence-electron chi connectivity index (χ1n) is 7.57. The summed E-state index contributed by atoms with van der Waals surface area (Å²) in [6.45, 7) is 5.66. The number of nitrogens with zero attached hydrogens (tertiary/aromatic N) is 3. The molecule has 0 aromatic carbocycles. The van der Waals surface area contributed by atoms with Gasteiger partial charge in [-0.05, 0) is 12.3 Å². The molecule has 1 aromatic rings. The molecule has 3 heterocycles. The zero-order valence-electron chi connectivity index (χ0n) is 13.2. The monoisotopic (exact) mass is 307 g/mol. The third-order valence-corrected chi connectivity index (χ3v) is 4.13. The standard InChI is InChI=1S/C15H21N3O4/c1-10(2)6-11-7-12(22-16-11)13(19)18-5-4-15(9-18)8-17(3)14(20)21-15/h7,10H,4-6,8-9H2,1-3H3/t15-/m0/s1. The van der Waals surface area contributed by atoms with E-state index < -0.39 is 5.60 Å². The normalized spacial score (nSPS) is 24.6. The Morgan fingerprint density at radius 3 is 2.86 bits per heavy atom. The van der Waals surface area contributed by atoms with Crippen LogP contribution in [0.3, 0.4) is 0 Å². The molecule has 2 aliphatic heterocycles. The molecule has 0 radical (unpaired) electrons. The summed E-state index contributed by atoms with van der Waals surface area (Å²) in [5.74, 6) is 0.520. The number of carbonyl (C=O) groups excluding carboxylic acids is 2. The van der Waals surface area contributed by atoms with Crippen LogP contribution in [-0.4, -0.2) is 59.2 Å². The lowest BCUT2D eigenvalue weighted by Crippen LogP contribution is -2.39. The van der Waals surface area contributed by atoms with Crippen molar-refractivity contribution in [1.29, 1.82) is 0 Å². The van der Waals surface area contributed by atoms with Gasteiger partial charge in [-0.1, -0.05) is 19.0 Å². The van der Waals surface area contributed by atoms with Crippen molar-refractivity contribution in [1.82, 2.24) is 15.0 Å². The van der Waals surface area contributed by atoms with Gasteiger partial charge in [0.2, 0.25) is 5.76 Å². The fraction of sp³-hybridized carbons (Fsp3) is 0.667. The maximum absolute atomic E-state index is 12.5. The number of likely N-dealkylation sites (tertiary alicyclic amines) is 1. The molecule has 2 saturated heterocycles. The largest absolute Gasteiger partial charge is 0.439 e. The Hall–Kier alpha value is -2.05. The molecule has 1 atom stereocenters. The molecule has 3 rings (SSSR count). The van der Waals surface area contributed by atoms with E-state index in [4.69, 9.17) is 9.26 Å². The van der Waals surface area contributed by atoms with Crippen LogP contribution in [0.2, 0.25) is 0 Å². The fourth-order valence-corrected chi connectivity index (χ4v) is 3.11. The maximum atomic E-state index is 12.5. The molecule has 1 aromatic heterocycles. The van der Waals surface area contributed by atoms with E-state index in [0.29, 0.717) is 32.0 Å². The highest BCUT2D eigenvalue weighted by Gasteiger charge is 2.49. The van der Waals surface area contributed by atoms with Crippen LogP contribution < -0.4 is 0 Å². The molecule has 0 saturated carbocycles. The van der Waals surface area contributed by atoms with Gasteiger partial charge in [0.25, 0.3) is 5.91 Å². The highest BCUT2D eigenvalue weighted by atomic mass is 16.6. The Morgan fingerprint density at radius 2 is 2.23 bits per heavy atom. The lowest BCUT2D eigenvalue weighted by atomic mass is 10.0. The summed E-state index contributed by atoms with van der Waals surface area (Å²) in [5.41, 5.74) is 0.224. The SMILES string of the molecule is CC(C)Cc1cc(C(=O)N2CC[C@]3(CN(C)C(=O)O3)C2)on1. The van der Waals surface area contributed by atoms with Crippen molar-refractivity contribution in [2.75, 3.05) is 26.7 Å². The average molecular weight is 307 g/mol. The van der Waals surface area contributed by atoms with Gasteiger partial charge in [0.1, 0.15) is 0 Å². The summed E-state index contributed by atoms with van der Waals surface area (Å²) in [6, 6.07) is 1.71. The molecule has 7 heteroatoms. The lowest BCUT2D eigenvalue weighted by Gasteiger charge is -2.21. The number of hydrogen-bond donors (Lipinski definition) is 0. The third-order valence-electron chi connectivity index (χ3n) is 4.13. The summed E-state index contributed by atoms with van der Waals surface area (Å²) in [6.07, 6.45) is 1.11. The Morgan fingerprint density at radius 1 is 1.45 bits per heavy atom. The quantitative estimate of drug-likeness (QED) is 0.846. The van der Waals surface area contributed by atoms with Gasteiger partial charge < -0.3 is 19.1 Å². The molecular weight excluding hydrogens is 286 g/mol. The minimum Gasteiger partial charge on any atom is -0.439 e. The molecule has 0 aliphatic carbocycles. The van der Waals surface area contributed by atoms with Crippen molar-refractivity contribution in [2.45, 2.75) is 32.3 Å². The Labute approximate surface area is 129 Å². The first-order valence-corrected chi connectivity index (χ1v) is 7.57. The van der Waals surface area contributed by atoms with Gasteiger partial charge in [0.05, 0.1) is 18.8 Å². The van der Waals surface area contributed by atoms with Gasteiger partial charge in [0, 0.05) is 26.1 Å². The number of hydrogen-bond acceptors (Lipinski definition) is 5. The summed E-state index contributed by atoms with van der Waals surface area (Å²) >= 11 is 0. The van der Waals surface area contributed by atoms with E-state index in [9.17, 15) is 9.59 Å². The minimum absolute atomic E-state index is 0.190. The van der Waals surface area contributed by atoms with Crippen molar-refractivity contribution in [2.24, 2.45) is 5.92 Å². The van der Waals surface area contributed by atoms with Gasteiger partial charge in [-0.15, -0.1) is 0 Å². The van der Waals surface area contributed by atoms with Crippen LogP contribution >= 0.6 is 0 Å². The van der Waals surface area contributed by atoms with Crippen LogP contribution in [0.1, 0.15) is 36.5 Å². The van der Waals surface area contributed by atoms with Crippen molar-refractivity contribution in [3.8, 4) is 0 Å². The molecule has 120 valence electrons. The van der Waals surface area contributed by atoms with Gasteiger partial charge in [-0.2, -0.15) is 0 Å². The predicted octanol–water partition coefficient (Wildman–Crippen LogP) is 1.54. The number of carbonyl (C=O) groups is 2. The Balaban J connectivity index is 1.67. The van der Waals surface area contributed by atoms with E-state index in [2.05, 4.69) is 19.0 Å². The molecule has 2 aliphatic rings. The van der Waals surface area contributed by atoms with Crippen LogP contribution in [0.15, 0.2) is 10.6 Å². The number of rotatable bonds is 3. The smallest absolute Gasteiger partial charge is 0.410 e. The minimum atomic E-state index is -0.567. The molecule has 7 nitrogen and oxygen atoms in total. The number of aromatic nitrogens is 1. The van der Waals surface area contributed by atoms with E-state index in [1.165, 1.54) is 0 Å². The second-order valence-electron chi connectivity index (χ2n) is 6.66. The Bertz CT molecular complexity index is 597. The van der Waals surface area contributed by atoms with E-state index in [0.717, 1.165) is 12.1 Å². The van der Waals surface area contributed by atoms with Gasteiger partial charge in [-0.3, -0.25) is 4.79 Å². The second kappa shape index (κ2) is 5.30. The fourth-order valence-electron chi connectivity index (χ4n) is 3.11. The maximum Gasteiger partial charge on any atom is 0.410 e. The molecular formula is C15H21N3O4. The summed E-state index contributed by atoms with van der Waals surface area (Å²) in [5, 5.41) is 3.95. The molecule has 1 spiro atoms. The summed E-state index contributed by atoms with van der Waals surface area (Å²) in [7, 11) is 1.70. The number of likely N-dealkylation sites (N-methyl/N-ethyl adjacent to an activating group) is 1. The van der Waals surface area contributed by atoms with Gasteiger partial charge in [-0.25, -0.2) is 4.79 Å². The zero-order chi connectivity index (χ0) is 15.9. The third kappa shape index (κ3) is 2.67. The van der Waals surface area contributed by atoms with Crippen LogP contribution in [0.4, 0.5) is 4.79 Å². The Kier molecular flexibility index (Phi) is 3.58. The van der Waals surface area contributed by atoms with Crippen LogP contribution in [-0.2, 0) is 11.2 Å². The summed E-state index contributed by atoms with van der Waals surface area (Å²) < 4.78 is 10.6. The second-order valence-corrected chi connectivity index (χ2v) is 6.66. The van der Waals surface area contributed by atoms with E-state index in [1.807, 2.05) is 0 Å². The van der Waals surface area contributed by atoms with E-state index in [1.54, 1.807) is 22.9 Å². The van der Waals surface area contributed by atoms with Crippen LogP contribution in [0.25, 0.3) is 0 Å². The lowest BCUT2D eigenvalue weighted by molar-refractivity contribution is 0.0534. The molecule has 0 unspecified atom stereocenters. The first-order chi connectivity index (χ1) is 10.4. The van der Waals surface area contributed by atoms with Crippen molar-refractivity contribution < 1.29 is 18.8 Å². The number of ether oxygens (including phenoxy) is 1.